The molecule has 1 aromatic carbocycles. The van der Waals surface area contributed by atoms with E-state index >= 15 is 0 Å². The largest absolute Gasteiger partial charge is 0.436 e. The van der Waals surface area contributed by atoms with E-state index in [1.165, 1.54) is 6.33 Å². The molecule has 0 atom stereocenters. The summed E-state index contributed by atoms with van der Waals surface area (Å²) < 4.78 is 6.51. The monoisotopic (exact) mass is 305 g/mol. The molecule has 0 saturated heterocycles. The van der Waals surface area contributed by atoms with Gasteiger partial charge in [-0.3, -0.25) is 0 Å². The van der Waals surface area contributed by atoms with Crippen molar-refractivity contribution in [1.82, 2.24) is 19.9 Å². The van der Waals surface area contributed by atoms with Crippen LogP contribution in [0.4, 0.5) is 5.69 Å². The number of halogens is 1. The molecule has 3 aromatic rings. The van der Waals surface area contributed by atoms with Gasteiger partial charge in [0.05, 0.1) is 10.8 Å². The molecule has 90 valence electrons. The summed E-state index contributed by atoms with van der Waals surface area (Å²) in [5.74, 6) is 0.994. The maximum absolute atomic E-state index is 5.72. The third-order valence-corrected chi connectivity index (χ3v) is 3.01. The van der Waals surface area contributed by atoms with Crippen molar-refractivity contribution >= 4 is 32.8 Å². The van der Waals surface area contributed by atoms with Gasteiger partial charge in [-0.05, 0) is 28.1 Å². The first kappa shape index (κ1) is 11.0. The molecule has 0 unspecified atom stereocenters. The number of nitrogen functional groups attached to an aromatic ring is 1. The number of benzene rings is 1. The van der Waals surface area contributed by atoms with Crippen LogP contribution in [-0.4, -0.2) is 19.9 Å². The summed E-state index contributed by atoms with van der Waals surface area (Å²) in [5.41, 5.74) is 7.53. The highest BCUT2D eigenvalue weighted by atomic mass is 79.9. The van der Waals surface area contributed by atoms with E-state index in [1.807, 2.05) is 6.07 Å². The van der Waals surface area contributed by atoms with Gasteiger partial charge in [0.2, 0.25) is 5.88 Å². The minimum absolute atomic E-state index is 0.406. The first-order valence-corrected chi connectivity index (χ1v) is 5.90. The maximum Gasteiger partial charge on any atom is 0.248 e. The first-order chi connectivity index (χ1) is 8.74. The second-order valence-corrected chi connectivity index (χ2v) is 4.43. The average Bonchev–Trinajstić information content (AvgIpc) is 2.83. The number of rotatable bonds is 2. The van der Waals surface area contributed by atoms with Crippen LogP contribution in [0.15, 0.2) is 35.3 Å². The van der Waals surface area contributed by atoms with Crippen LogP contribution in [0.2, 0.25) is 0 Å². The fraction of sp³-hybridized carbons (Fsp3) is 0. The van der Waals surface area contributed by atoms with Gasteiger partial charge in [-0.15, -0.1) is 0 Å². The van der Waals surface area contributed by atoms with E-state index < -0.39 is 0 Å². The summed E-state index contributed by atoms with van der Waals surface area (Å²) in [4.78, 5) is 15.1. The smallest absolute Gasteiger partial charge is 0.248 e. The summed E-state index contributed by atoms with van der Waals surface area (Å²) in [6, 6.07) is 5.31. The third-order valence-electron chi connectivity index (χ3n) is 2.35. The van der Waals surface area contributed by atoms with Crippen LogP contribution in [0.5, 0.6) is 11.6 Å². The van der Waals surface area contributed by atoms with Crippen LogP contribution in [0.3, 0.4) is 0 Å². The van der Waals surface area contributed by atoms with Crippen molar-refractivity contribution in [3.63, 3.8) is 0 Å². The number of H-pyrrole nitrogens is 1. The lowest BCUT2D eigenvalue weighted by Gasteiger charge is -2.07. The summed E-state index contributed by atoms with van der Waals surface area (Å²) in [6.45, 7) is 0. The molecule has 2 heterocycles. The minimum atomic E-state index is 0.406. The number of aromatic nitrogens is 4. The van der Waals surface area contributed by atoms with E-state index in [1.54, 1.807) is 18.5 Å². The molecule has 7 heteroatoms. The third kappa shape index (κ3) is 1.88. The molecule has 0 spiro atoms. The maximum atomic E-state index is 5.72. The van der Waals surface area contributed by atoms with Gasteiger partial charge in [0.1, 0.15) is 17.6 Å². The normalized spacial score (nSPS) is 10.7. The summed E-state index contributed by atoms with van der Waals surface area (Å²) in [6.07, 6.45) is 2.94. The molecule has 0 fully saturated rings. The zero-order valence-electron chi connectivity index (χ0n) is 9.09. The van der Waals surface area contributed by atoms with Crippen molar-refractivity contribution in [3.8, 4) is 11.6 Å². The summed E-state index contributed by atoms with van der Waals surface area (Å²) in [7, 11) is 0. The van der Waals surface area contributed by atoms with E-state index in [0.29, 0.717) is 28.5 Å². The van der Waals surface area contributed by atoms with Gasteiger partial charge in [0.15, 0.2) is 5.65 Å². The van der Waals surface area contributed by atoms with Crippen molar-refractivity contribution in [1.29, 1.82) is 0 Å². The second kappa shape index (κ2) is 4.26. The van der Waals surface area contributed by atoms with Crippen LogP contribution in [0.1, 0.15) is 0 Å². The molecule has 3 rings (SSSR count). The van der Waals surface area contributed by atoms with Gasteiger partial charge in [0.25, 0.3) is 0 Å². The number of aromatic amines is 1. The van der Waals surface area contributed by atoms with Crippen LogP contribution < -0.4 is 10.5 Å². The zero-order valence-corrected chi connectivity index (χ0v) is 10.7. The highest BCUT2D eigenvalue weighted by Gasteiger charge is 2.10. The topological polar surface area (TPSA) is 89.7 Å². The van der Waals surface area contributed by atoms with E-state index in [0.717, 1.165) is 4.47 Å². The molecule has 0 aliphatic heterocycles. The molecule has 0 amide bonds. The number of nitrogens with two attached hydrogens (primary N) is 1. The molecule has 18 heavy (non-hydrogen) atoms. The van der Waals surface area contributed by atoms with Crippen molar-refractivity contribution < 1.29 is 4.74 Å². The lowest BCUT2D eigenvalue weighted by molar-refractivity contribution is 0.464. The minimum Gasteiger partial charge on any atom is -0.436 e. The Morgan fingerprint density at radius 3 is 3.00 bits per heavy atom. The zero-order chi connectivity index (χ0) is 12.5. The number of hydrogen-bond donors (Lipinski definition) is 2. The molecular formula is C11H8BrN5O. The number of nitrogens with zero attached hydrogens (tertiary/aromatic N) is 3. The highest BCUT2D eigenvalue weighted by Crippen LogP contribution is 2.32. The molecule has 0 radical (unpaired) electrons. The van der Waals surface area contributed by atoms with Crippen LogP contribution >= 0.6 is 15.9 Å². The number of hydrogen-bond acceptors (Lipinski definition) is 5. The Balaban J connectivity index is 2.06. The Morgan fingerprint density at radius 1 is 1.22 bits per heavy atom. The first-order valence-electron chi connectivity index (χ1n) is 5.11. The van der Waals surface area contributed by atoms with Gasteiger partial charge in [-0.2, -0.15) is 4.98 Å². The van der Waals surface area contributed by atoms with Gasteiger partial charge in [-0.25, -0.2) is 9.97 Å². The van der Waals surface area contributed by atoms with Crippen molar-refractivity contribution in [2.45, 2.75) is 0 Å². The fourth-order valence-electron chi connectivity index (χ4n) is 1.52. The molecule has 0 saturated carbocycles. The Labute approximate surface area is 110 Å². The predicted molar refractivity (Wildman–Crippen MR) is 70.3 cm³/mol. The number of nitrogens with one attached hydrogen (secondary N) is 1. The summed E-state index contributed by atoms with van der Waals surface area (Å²) in [5, 5.41) is 0. The van der Waals surface area contributed by atoms with Crippen molar-refractivity contribution in [2.75, 3.05) is 5.73 Å². The lowest BCUT2D eigenvalue weighted by Crippen LogP contribution is -1.93. The summed E-state index contributed by atoms with van der Waals surface area (Å²) >= 11 is 3.39. The molecule has 2 aromatic heterocycles. The van der Waals surface area contributed by atoms with E-state index in [2.05, 4.69) is 35.9 Å². The molecule has 6 nitrogen and oxygen atoms in total. The number of anilines is 1. The molecule has 0 bridgehead atoms. The standard InChI is InChI=1S/C11H8BrN5O/c12-7-2-1-6(13)3-8(7)18-11-9-10(15-4-14-9)16-5-17-11/h1-5H,13H2,(H,14,15,16,17). The van der Waals surface area contributed by atoms with Crippen molar-refractivity contribution in [3.05, 3.63) is 35.3 Å². The Kier molecular flexibility index (Phi) is 2.60. The second-order valence-electron chi connectivity index (χ2n) is 3.57. The van der Waals surface area contributed by atoms with Crippen LogP contribution in [0, 0.1) is 0 Å². The van der Waals surface area contributed by atoms with Gasteiger partial charge < -0.3 is 15.5 Å². The molecular weight excluding hydrogens is 298 g/mol. The van der Waals surface area contributed by atoms with E-state index in [9.17, 15) is 0 Å². The Hall–Kier alpha value is -2.15. The molecule has 3 N–H and O–H groups in total. The number of ether oxygens (including phenoxy) is 1. The fourth-order valence-corrected chi connectivity index (χ4v) is 1.85. The van der Waals surface area contributed by atoms with Crippen LogP contribution in [0.25, 0.3) is 11.2 Å². The average molecular weight is 306 g/mol. The van der Waals surface area contributed by atoms with Gasteiger partial charge >= 0.3 is 0 Å². The van der Waals surface area contributed by atoms with Gasteiger partial charge in [0, 0.05) is 11.8 Å². The predicted octanol–water partition coefficient (Wildman–Crippen LogP) is 2.49. The van der Waals surface area contributed by atoms with Crippen molar-refractivity contribution in [2.24, 2.45) is 0 Å². The highest BCUT2D eigenvalue weighted by molar-refractivity contribution is 9.10. The number of fused-ring (bicyclic) bond motifs is 1. The number of imidazole rings is 1. The Bertz CT molecular complexity index is 711. The SMILES string of the molecule is Nc1ccc(Br)c(Oc2ncnc3nc[nH]c23)c1. The van der Waals surface area contributed by atoms with Gasteiger partial charge in [-0.1, -0.05) is 0 Å². The van der Waals surface area contributed by atoms with E-state index in [-0.39, 0.29) is 0 Å². The Morgan fingerprint density at radius 2 is 2.11 bits per heavy atom. The van der Waals surface area contributed by atoms with Crippen LogP contribution in [-0.2, 0) is 0 Å². The lowest BCUT2D eigenvalue weighted by atomic mass is 10.3. The quantitative estimate of drug-likeness (QED) is 0.710. The van der Waals surface area contributed by atoms with E-state index in [4.69, 9.17) is 10.5 Å². The molecule has 0 aliphatic rings. The molecule has 0 aliphatic carbocycles.